The van der Waals surface area contributed by atoms with Gasteiger partial charge in [-0.1, -0.05) is 18.2 Å². The van der Waals surface area contributed by atoms with Crippen molar-refractivity contribution >= 4 is 34.9 Å². The number of para-hydroxylation sites is 2. The maximum atomic E-state index is 13.4. The first-order valence-corrected chi connectivity index (χ1v) is 6.67. The molecule has 118 valence electrons. The van der Waals surface area contributed by atoms with Gasteiger partial charge in [0.25, 0.3) is 5.69 Å². The molecule has 0 aliphatic carbocycles. The largest absolute Gasteiger partial charge is 0.326 e. The lowest BCUT2D eigenvalue weighted by atomic mass is 10.2. The molecule has 2 aromatic carbocycles. The number of nitrogens with one attached hydrogen (secondary N) is 2. The standard InChI is InChI=1S/C14H10F2N4O2S/c15-10-4-3-5-11(16)9(10)8-17-19-14(23)18-12-6-1-2-7-13(12)20(21)22/h1-8H,(H2,18,19,23)/b17-8-. The highest BCUT2D eigenvalue weighted by Gasteiger charge is 2.13. The maximum Gasteiger partial charge on any atom is 0.292 e. The molecule has 0 spiro atoms. The van der Waals surface area contributed by atoms with E-state index in [0.717, 1.165) is 18.3 Å². The smallest absolute Gasteiger partial charge is 0.292 e. The van der Waals surface area contributed by atoms with Crippen molar-refractivity contribution in [3.05, 3.63) is 69.8 Å². The molecule has 0 aromatic heterocycles. The monoisotopic (exact) mass is 336 g/mol. The highest BCUT2D eigenvalue weighted by molar-refractivity contribution is 7.80. The fourth-order valence-corrected chi connectivity index (χ4v) is 1.84. The van der Waals surface area contributed by atoms with Crippen LogP contribution >= 0.6 is 12.2 Å². The molecule has 0 saturated heterocycles. The van der Waals surface area contributed by atoms with Crippen LogP contribution in [0.4, 0.5) is 20.2 Å². The van der Waals surface area contributed by atoms with E-state index in [9.17, 15) is 18.9 Å². The van der Waals surface area contributed by atoms with Gasteiger partial charge in [-0.15, -0.1) is 0 Å². The Balaban J connectivity index is 2.04. The number of rotatable bonds is 4. The van der Waals surface area contributed by atoms with Crippen molar-refractivity contribution in [2.75, 3.05) is 5.32 Å². The van der Waals surface area contributed by atoms with Crippen LogP contribution in [0.2, 0.25) is 0 Å². The second-order valence-corrected chi connectivity index (χ2v) is 4.64. The van der Waals surface area contributed by atoms with E-state index in [0.29, 0.717) is 0 Å². The Morgan fingerprint density at radius 2 is 1.83 bits per heavy atom. The number of thiocarbonyl (C=S) groups is 1. The van der Waals surface area contributed by atoms with Gasteiger partial charge in [-0.25, -0.2) is 8.78 Å². The van der Waals surface area contributed by atoms with E-state index >= 15 is 0 Å². The van der Waals surface area contributed by atoms with Gasteiger partial charge in [-0.3, -0.25) is 15.5 Å². The molecular formula is C14H10F2N4O2S. The average Bonchev–Trinajstić information content (AvgIpc) is 2.50. The first kappa shape index (κ1) is 16.4. The molecule has 2 rings (SSSR count). The molecule has 2 N–H and O–H groups in total. The van der Waals surface area contributed by atoms with Gasteiger partial charge < -0.3 is 5.32 Å². The van der Waals surface area contributed by atoms with E-state index in [1.54, 1.807) is 6.07 Å². The summed E-state index contributed by atoms with van der Waals surface area (Å²) in [6, 6.07) is 9.29. The summed E-state index contributed by atoms with van der Waals surface area (Å²) in [4.78, 5) is 10.3. The third-order valence-electron chi connectivity index (χ3n) is 2.71. The molecule has 0 saturated carbocycles. The van der Waals surface area contributed by atoms with Gasteiger partial charge in [0.05, 0.1) is 16.7 Å². The summed E-state index contributed by atoms with van der Waals surface area (Å²) in [5, 5.41) is 17.0. The summed E-state index contributed by atoms with van der Waals surface area (Å²) in [5.74, 6) is -1.54. The Morgan fingerprint density at radius 1 is 1.17 bits per heavy atom. The van der Waals surface area contributed by atoms with Crippen LogP contribution in [-0.4, -0.2) is 16.3 Å². The number of benzene rings is 2. The molecule has 0 aliphatic heterocycles. The lowest BCUT2D eigenvalue weighted by Crippen LogP contribution is -2.24. The predicted octanol–water partition coefficient (Wildman–Crippen LogP) is 3.19. The molecule has 6 nitrogen and oxygen atoms in total. The lowest BCUT2D eigenvalue weighted by Gasteiger charge is -2.07. The van der Waals surface area contributed by atoms with Crippen LogP contribution in [-0.2, 0) is 0 Å². The first-order chi connectivity index (χ1) is 11.0. The fourth-order valence-electron chi connectivity index (χ4n) is 1.68. The van der Waals surface area contributed by atoms with Crippen LogP contribution in [0.3, 0.4) is 0 Å². The van der Waals surface area contributed by atoms with Gasteiger partial charge in [0.2, 0.25) is 0 Å². The van der Waals surface area contributed by atoms with Crippen LogP contribution in [0.1, 0.15) is 5.56 Å². The van der Waals surface area contributed by atoms with E-state index in [2.05, 4.69) is 15.8 Å². The number of hydrogen-bond donors (Lipinski definition) is 2. The minimum Gasteiger partial charge on any atom is -0.326 e. The minimum absolute atomic E-state index is 0.0627. The van der Waals surface area contributed by atoms with E-state index in [-0.39, 0.29) is 22.1 Å². The van der Waals surface area contributed by atoms with Gasteiger partial charge in [0.1, 0.15) is 17.3 Å². The normalized spacial score (nSPS) is 10.5. The van der Waals surface area contributed by atoms with Crippen molar-refractivity contribution in [1.82, 2.24) is 5.43 Å². The Kier molecular flexibility index (Phi) is 5.26. The van der Waals surface area contributed by atoms with Gasteiger partial charge in [0, 0.05) is 6.07 Å². The molecule has 23 heavy (non-hydrogen) atoms. The molecular weight excluding hydrogens is 326 g/mol. The van der Waals surface area contributed by atoms with E-state index in [4.69, 9.17) is 12.2 Å². The maximum absolute atomic E-state index is 13.4. The second kappa shape index (κ2) is 7.36. The van der Waals surface area contributed by atoms with Gasteiger partial charge >= 0.3 is 0 Å². The van der Waals surface area contributed by atoms with Crippen molar-refractivity contribution in [2.45, 2.75) is 0 Å². The molecule has 9 heteroatoms. The number of anilines is 1. The number of nitrogens with zero attached hydrogens (tertiary/aromatic N) is 2. The zero-order valence-corrected chi connectivity index (χ0v) is 12.3. The molecule has 0 radical (unpaired) electrons. The summed E-state index contributed by atoms with van der Waals surface area (Å²) in [7, 11) is 0. The Morgan fingerprint density at radius 3 is 2.48 bits per heavy atom. The van der Waals surface area contributed by atoms with E-state index < -0.39 is 16.6 Å². The number of hydrazone groups is 1. The van der Waals surface area contributed by atoms with E-state index in [1.807, 2.05) is 0 Å². The van der Waals surface area contributed by atoms with Crippen LogP contribution in [0.15, 0.2) is 47.6 Å². The number of nitro benzene ring substituents is 1. The number of halogens is 2. The molecule has 2 aromatic rings. The topological polar surface area (TPSA) is 79.6 Å². The van der Waals surface area contributed by atoms with Crippen molar-refractivity contribution < 1.29 is 13.7 Å². The SMILES string of the molecule is O=[N+]([O-])c1ccccc1NC(=S)N/N=C\c1c(F)cccc1F. The number of hydrogen-bond acceptors (Lipinski definition) is 4. The highest BCUT2D eigenvalue weighted by Crippen LogP contribution is 2.22. The predicted molar refractivity (Wildman–Crippen MR) is 86.4 cm³/mol. The van der Waals surface area contributed by atoms with Gasteiger partial charge in [0.15, 0.2) is 5.11 Å². The second-order valence-electron chi connectivity index (χ2n) is 4.23. The summed E-state index contributed by atoms with van der Waals surface area (Å²) >= 11 is 4.92. The number of nitro groups is 1. The van der Waals surface area contributed by atoms with Crippen LogP contribution in [0, 0.1) is 21.7 Å². The van der Waals surface area contributed by atoms with Crippen molar-refractivity contribution in [1.29, 1.82) is 0 Å². The summed E-state index contributed by atoms with van der Waals surface area (Å²) in [6.07, 6.45) is 0.929. The molecule has 0 atom stereocenters. The van der Waals surface area contributed by atoms with Crippen molar-refractivity contribution in [2.24, 2.45) is 5.10 Å². The zero-order valence-electron chi connectivity index (χ0n) is 11.5. The van der Waals surface area contributed by atoms with Gasteiger partial charge in [-0.2, -0.15) is 5.10 Å². The van der Waals surface area contributed by atoms with Crippen molar-refractivity contribution in [3.8, 4) is 0 Å². The van der Waals surface area contributed by atoms with Crippen LogP contribution in [0.25, 0.3) is 0 Å². The fraction of sp³-hybridized carbons (Fsp3) is 0. The van der Waals surface area contributed by atoms with E-state index in [1.165, 1.54) is 24.3 Å². The third-order valence-corrected chi connectivity index (χ3v) is 2.90. The molecule has 0 amide bonds. The summed E-state index contributed by atoms with van der Waals surface area (Å²) < 4.78 is 26.8. The highest BCUT2D eigenvalue weighted by atomic mass is 32.1. The molecule has 0 fully saturated rings. The Hall–Kier alpha value is -2.94. The van der Waals surface area contributed by atoms with Crippen LogP contribution < -0.4 is 10.7 Å². The Bertz CT molecular complexity index is 763. The molecule has 0 heterocycles. The van der Waals surface area contributed by atoms with Gasteiger partial charge in [-0.05, 0) is 30.4 Å². The van der Waals surface area contributed by atoms with Crippen LogP contribution in [0.5, 0.6) is 0 Å². The Labute approximate surface area is 135 Å². The summed E-state index contributed by atoms with van der Waals surface area (Å²) in [5.41, 5.74) is 2.01. The lowest BCUT2D eigenvalue weighted by molar-refractivity contribution is -0.383. The van der Waals surface area contributed by atoms with Crippen molar-refractivity contribution in [3.63, 3.8) is 0 Å². The third kappa shape index (κ3) is 4.27. The average molecular weight is 336 g/mol. The quantitative estimate of drug-likeness (QED) is 0.388. The molecule has 0 unspecified atom stereocenters. The zero-order chi connectivity index (χ0) is 16.8. The minimum atomic E-state index is -0.770. The molecule has 0 aliphatic rings. The molecule has 0 bridgehead atoms. The summed E-state index contributed by atoms with van der Waals surface area (Å²) in [6.45, 7) is 0. The first-order valence-electron chi connectivity index (χ1n) is 6.26.